The molecule has 4 aliphatic rings. The molecule has 5 rings (SSSR count). The van der Waals surface area contributed by atoms with Crippen molar-refractivity contribution in [3.05, 3.63) is 52.6 Å². The van der Waals surface area contributed by atoms with Crippen LogP contribution in [0.15, 0.2) is 47.1 Å². The molecule has 2 saturated carbocycles. The van der Waals surface area contributed by atoms with E-state index < -0.39 is 5.60 Å². The first-order valence-electron chi connectivity index (χ1n) is 13.7. The first-order chi connectivity index (χ1) is 17.1. The maximum Gasteiger partial charge on any atom is 0.302 e. The molecule has 0 aromatic heterocycles. The Morgan fingerprint density at radius 2 is 1.89 bits per heavy atom. The van der Waals surface area contributed by atoms with Crippen molar-refractivity contribution in [1.82, 2.24) is 0 Å². The van der Waals surface area contributed by atoms with Crippen molar-refractivity contribution in [3.63, 3.8) is 0 Å². The molecular formula is C31H41NO4. The van der Waals surface area contributed by atoms with E-state index in [4.69, 9.17) is 4.74 Å². The zero-order valence-electron chi connectivity index (χ0n) is 22.3. The van der Waals surface area contributed by atoms with Gasteiger partial charge in [-0.3, -0.25) is 9.59 Å². The second kappa shape index (κ2) is 9.48. The molecule has 0 amide bonds. The number of nitrogens with zero attached hydrogens (tertiary/aromatic N) is 1. The number of ketones is 1. The monoisotopic (exact) mass is 491 g/mol. The van der Waals surface area contributed by atoms with Crippen LogP contribution in [0.3, 0.4) is 0 Å². The summed E-state index contributed by atoms with van der Waals surface area (Å²) < 4.78 is 5.20. The van der Waals surface area contributed by atoms with Crippen molar-refractivity contribution in [1.29, 1.82) is 0 Å². The van der Waals surface area contributed by atoms with Crippen LogP contribution in [0.5, 0.6) is 0 Å². The van der Waals surface area contributed by atoms with E-state index in [9.17, 15) is 14.7 Å². The summed E-state index contributed by atoms with van der Waals surface area (Å²) in [5.74, 6) is 1.14. The number of benzene rings is 1. The number of carbonyl (C=O) groups is 2. The maximum atomic E-state index is 12.2. The van der Waals surface area contributed by atoms with Gasteiger partial charge in [0.15, 0.2) is 5.78 Å². The van der Waals surface area contributed by atoms with E-state index in [2.05, 4.69) is 50.2 Å². The molecule has 1 aromatic carbocycles. The van der Waals surface area contributed by atoms with E-state index in [0.717, 1.165) is 38.5 Å². The summed E-state index contributed by atoms with van der Waals surface area (Å²) in [5.41, 5.74) is 5.82. The molecule has 0 bridgehead atoms. The minimum absolute atomic E-state index is 0.200. The van der Waals surface area contributed by atoms with Crippen LogP contribution in [0, 0.1) is 17.3 Å². The summed E-state index contributed by atoms with van der Waals surface area (Å²) >= 11 is 0. The third-order valence-electron chi connectivity index (χ3n) is 9.91. The highest BCUT2D eigenvalue weighted by Crippen LogP contribution is 2.67. The Morgan fingerprint density at radius 3 is 2.58 bits per heavy atom. The molecule has 0 spiro atoms. The van der Waals surface area contributed by atoms with Gasteiger partial charge >= 0.3 is 5.97 Å². The fourth-order valence-electron chi connectivity index (χ4n) is 8.05. The fraction of sp³-hybridized carbons (Fsp3) is 0.613. The molecule has 0 aliphatic heterocycles. The molecule has 0 unspecified atom stereocenters. The first-order valence-corrected chi connectivity index (χ1v) is 13.7. The summed E-state index contributed by atoms with van der Waals surface area (Å²) in [7, 11) is 4.13. The van der Waals surface area contributed by atoms with Crippen LogP contribution < -0.4 is 4.90 Å². The summed E-state index contributed by atoms with van der Waals surface area (Å²) in [6.07, 6.45) is 9.54. The number of fused-ring (bicyclic) bond motifs is 4. The van der Waals surface area contributed by atoms with Crippen molar-refractivity contribution in [3.8, 4) is 0 Å². The number of allylic oxidation sites excluding steroid dienone is 4. The van der Waals surface area contributed by atoms with Gasteiger partial charge in [-0.05, 0) is 98.1 Å². The van der Waals surface area contributed by atoms with Gasteiger partial charge in [0, 0.05) is 44.5 Å². The number of ether oxygens (including phenoxy) is 1. The van der Waals surface area contributed by atoms with Gasteiger partial charge in [0.05, 0.1) is 12.2 Å². The standard InChI is InChI=1S/C31H41NO4/c1-20(33)36-17-5-15-31(35)16-14-28-26-12-8-22-18-24(34)11-13-25(22)29(26)27(19-30(28,31)2)21-6-9-23(10-7-21)32(3)4/h6-7,9-10,18,26-28,35H,5,8,11-17,19H2,1-4H3/t26-,27+,28-,30+,31-/m0/s1. The normalized spacial score (nSPS) is 33.4. The van der Waals surface area contributed by atoms with Crippen LogP contribution in [-0.2, 0) is 14.3 Å². The predicted octanol–water partition coefficient (Wildman–Crippen LogP) is 5.73. The third-order valence-corrected chi connectivity index (χ3v) is 9.91. The van der Waals surface area contributed by atoms with Crippen molar-refractivity contribution < 1.29 is 19.4 Å². The quantitative estimate of drug-likeness (QED) is 0.407. The molecule has 1 aromatic rings. The molecule has 0 saturated heterocycles. The Morgan fingerprint density at radius 1 is 1.14 bits per heavy atom. The summed E-state index contributed by atoms with van der Waals surface area (Å²) in [5, 5.41) is 12.1. The molecule has 0 radical (unpaired) electrons. The number of carbonyl (C=O) groups excluding carboxylic acids is 2. The van der Waals surface area contributed by atoms with Crippen molar-refractivity contribution in [2.45, 2.75) is 83.2 Å². The number of esters is 1. The molecular weight excluding hydrogens is 450 g/mol. The SMILES string of the molecule is CC(=O)OCCC[C@]1(O)CC[C@H]2[C@@H]3CCC4=CC(=O)CCC4=C3[C@@H](c3ccc(N(C)C)cc3)C[C@]21C. The van der Waals surface area contributed by atoms with Gasteiger partial charge in [-0.1, -0.05) is 24.6 Å². The first kappa shape index (κ1) is 25.3. The Bertz CT molecular complexity index is 1100. The molecule has 0 heterocycles. The largest absolute Gasteiger partial charge is 0.466 e. The summed E-state index contributed by atoms with van der Waals surface area (Å²) in [4.78, 5) is 25.6. The van der Waals surface area contributed by atoms with Crippen molar-refractivity contribution >= 4 is 17.4 Å². The molecule has 4 aliphatic carbocycles. The Balaban J connectivity index is 1.54. The number of hydrogen-bond donors (Lipinski definition) is 1. The number of rotatable bonds is 6. The lowest BCUT2D eigenvalue weighted by Crippen LogP contribution is -2.51. The highest BCUT2D eigenvalue weighted by atomic mass is 16.5. The maximum absolute atomic E-state index is 12.2. The zero-order chi connectivity index (χ0) is 25.7. The van der Waals surface area contributed by atoms with E-state index in [1.807, 2.05) is 6.08 Å². The molecule has 1 N–H and O–H groups in total. The number of anilines is 1. The number of aliphatic hydroxyl groups is 1. The van der Waals surface area contributed by atoms with Gasteiger partial charge in [0.1, 0.15) is 0 Å². The third kappa shape index (κ3) is 4.23. The lowest BCUT2D eigenvalue weighted by Gasteiger charge is -2.55. The van der Waals surface area contributed by atoms with Gasteiger partial charge in [0.25, 0.3) is 0 Å². The van der Waals surface area contributed by atoms with Crippen LogP contribution >= 0.6 is 0 Å². The Kier molecular flexibility index (Phi) is 6.65. The second-order valence-electron chi connectivity index (χ2n) is 12.0. The molecule has 194 valence electrons. The van der Waals surface area contributed by atoms with Gasteiger partial charge in [-0.2, -0.15) is 0 Å². The minimum atomic E-state index is -0.755. The summed E-state index contributed by atoms with van der Waals surface area (Å²) in [6.45, 7) is 4.14. The average molecular weight is 492 g/mol. The highest BCUT2D eigenvalue weighted by Gasteiger charge is 2.62. The number of hydrogen-bond acceptors (Lipinski definition) is 5. The van der Waals surface area contributed by atoms with Crippen LogP contribution in [0.1, 0.15) is 83.1 Å². The highest BCUT2D eigenvalue weighted by molar-refractivity contribution is 5.93. The Labute approximate surface area is 215 Å². The molecule has 5 nitrogen and oxygen atoms in total. The van der Waals surface area contributed by atoms with E-state index in [-0.39, 0.29) is 23.1 Å². The van der Waals surface area contributed by atoms with Crippen LogP contribution in [-0.4, -0.2) is 43.2 Å². The fourth-order valence-corrected chi connectivity index (χ4v) is 8.05. The predicted molar refractivity (Wildman–Crippen MR) is 142 cm³/mol. The molecule has 36 heavy (non-hydrogen) atoms. The molecule has 2 fully saturated rings. The minimum Gasteiger partial charge on any atom is -0.466 e. The smallest absolute Gasteiger partial charge is 0.302 e. The van der Waals surface area contributed by atoms with E-state index in [0.29, 0.717) is 37.7 Å². The van der Waals surface area contributed by atoms with E-state index >= 15 is 0 Å². The van der Waals surface area contributed by atoms with Gasteiger partial charge in [-0.15, -0.1) is 0 Å². The topological polar surface area (TPSA) is 66.8 Å². The van der Waals surface area contributed by atoms with Crippen LogP contribution in [0.2, 0.25) is 0 Å². The van der Waals surface area contributed by atoms with E-state index in [1.54, 1.807) is 5.57 Å². The lowest BCUT2D eigenvalue weighted by molar-refractivity contribution is -0.142. The lowest BCUT2D eigenvalue weighted by atomic mass is 9.51. The van der Waals surface area contributed by atoms with Gasteiger partial charge in [-0.25, -0.2) is 0 Å². The van der Waals surface area contributed by atoms with Crippen molar-refractivity contribution in [2.24, 2.45) is 17.3 Å². The van der Waals surface area contributed by atoms with Crippen LogP contribution in [0.25, 0.3) is 0 Å². The van der Waals surface area contributed by atoms with E-state index in [1.165, 1.54) is 29.3 Å². The van der Waals surface area contributed by atoms with Gasteiger partial charge in [0.2, 0.25) is 0 Å². The Hall–Kier alpha value is -2.40. The average Bonchev–Trinajstić information content (AvgIpc) is 3.11. The zero-order valence-corrected chi connectivity index (χ0v) is 22.3. The summed E-state index contributed by atoms with van der Waals surface area (Å²) in [6, 6.07) is 8.95. The van der Waals surface area contributed by atoms with Crippen LogP contribution in [0.4, 0.5) is 5.69 Å². The molecule has 5 atom stereocenters. The van der Waals surface area contributed by atoms with Crippen molar-refractivity contribution in [2.75, 3.05) is 25.6 Å². The second-order valence-corrected chi connectivity index (χ2v) is 12.0. The van der Waals surface area contributed by atoms with Gasteiger partial charge < -0.3 is 14.7 Å². The molecule has 5 heteroatoms.